The van der Waals surface area contributed by atoms with Gasteiger partial charge in [0.1, 0.15) is 0 Å². The maximum atomic E-state index is 4.67. The fourth-order valence-electron chi connectivity index (χ4n) is 2.56. The largest absolute Gasteiger partial charge is 0.319 e. The molecule has 2 aromatic rings. The molecule has 1 aromatic carbocycles. The lowest BCUT2D eigenvalue weighted by Gasteiger charge is -2.17. The molecular formula is C16H21N3. The third kappa shape index (κ3) is 2.99. The van der Waals surface area contributed by atoms with E-state index in [1.54, 1.807) is 0 Å². The SMILES string of the molecule is CNCC(C)c1c(C)nc(-c2ccccc2)nc1C. The van der Waals surface area contributed by atoms with Crippen LogP contribution in [0, 0.1) is 13.8 Å². The molecule has 2 rings (SSSR count). The van der Waals surface area contributed by atoms with Crippen molar-refractivity contribution in [3.63, 3.8) is 0 Å². The Kier molecular flexibility index (Phi) is 4.27. The average molecular weight is 255 g/mol. The van der Waals surface area contributed by atoms with Crippen LogP contribution >= 0.6 is 0 Å². The second kappa shape index (κ2) is 5.93. The summed E-state index contributed by atoms with van der Waals surface area (Å²) in [7, 11) is 1.97. The van der Waals surface area contributed by atoms with Gasteiger partial charge in [-0.2, -0.15) is 0 Å². The molecule has 0 aliphatic carbocycles. The van der Waals surface area contributed by atoms with E-state index in [0.717, 1.165) is 29.3 Å². The molecule has 0 aliphatic heterocycles. The van der Waals surface area contributed by atoms with Gasteiger partial charge in [-0.25, -0.2) is 9.97 Å². The molecule has 1 N–H and O–H groups in total. The molecule has 1 atom stereocenters. The van der Waals surface area contributed by atoms with Crippen LogP contribution in [-0.4, -0.2) is 23.6 Å². The molecule has 0 amide bonds. The molecule has 1 aromatic heterocycles. The normalized spacial score (nSPS) is 12.4. The van der Waals surface area contributed by atoms with Gasteiger partial charge >= 0.3 is 0 Å². The highest BCUT2D eigenvalue weighted by atomic mass is 14.9. The summed E-state index contributed by atoms with van der Waals surface area (Å²) in [5.41, 5.74) is 4.48. The van der Waals surface area contributed by atoms with Crippen molar-refractivity contribution < 1.29 is 0 Å². The van der Waals surface area contributed by atoms with Gasteiger partial charge < -0.3 is 5.32 Å². The van der Waals surface area contributed by atoms with Crippen molar-refractivity contribution in [2.45, 2.75) is 26.7 Å². The minimum Gasteiger partial charge on any atom is -0.319 e. The zero-order chi connectivity index (χ0) is 13.8. The van der Waals surface area contributed by atoms with Gasteiger partial charge in [-0.1, -0.05) is 37.3 Å². The van der Waals surface area contributed by atoms with Crippen LogP contribution < -0.4 is 5.32 Å². The van der Waals surface area contributed by atoms with E-state index >= 15 is 0 Å². The highest BCUT2D eigenvalue weighted by Crippen LogP contribution is 2.24. The zero-order valence-electron chi connectivity index (χ0n) is 12.1. The number of rotatable bonds is 4. The summed E-state index contributed by atoms with van der Waals surface area (Å²) in [6.07, 6.45) is 0. The fourth-order valence-corrected chi connectivity index (χ4v) is 2.56. The molecule has 0 saturated heterocycles. The maximum absolute atomic E-state index is 4.67. The number of aromatic nitrogens is 2. The van der Waals surface area contributed by atoms with E-state index in [-0.39, 0.29) is 0 Å². The Morgan fingerprint density at radius 1 is 1.05 bits per heavy atom. The molecule has 0 saturated carbocycles. The Hall–Kier alpha value is -1.74. The highest BCUT2D eigenvalue weighted by Gasteiger charge is 2.15. The van der Waals surface area contributed by atoms with Gasteiger partial charge in [0, 0.05) is 23.5 Å². The summed E-state index contributed by atoms with van der Waals surface area (Å²) >= 11 is 0. The van der Waals surface area contributed by atoms with Gasteiger partial charge in [0.25, 0.3) is 0 Å². The lowest BCUT2D eigenvalue weighted by atomic mass is 9.98. The molecule has 0 fully saturated rings. The summed E-state index contributed by atoms with van der Waals surface area (Å²) in [6, 6.07) is 10.1. The second-order valence-electron chi connectivity index (χ2n) is 4.96. The monoisotopic (exact) mass is 255 g/mol. The van der Waals surface area contributed by atoms with Crippen LogP contribution in [0.15, 0.2) is 30.3 Å². The number of hydrogen-bond acceptors (Lipinski definition) is 3. The Balaban J connectivity index is 2.42. The molecule has 3 nitrogen and oxygen atoms in total. The standard InChI is InChI=1S/C16H21N3/c1-11(10-17-4)15-12(2)18-16(19-13(15)3)14-8-6-5-7-9-14/h5-9,11,17H,10H2,1-4H3. The minimum absolute atomic E-state index is 0.426. The van der Waals surface area contributed by atoms with E-state index in [0.29, 0.717) is 5.92 Å². The van der Waals surface area contributed by atoms with Crippen LogP contribution in [0.5, 0.6) is 0 Å². The Morgan fingerprint density at radius 2 is 1.63 bits per heavy atom. The van der Waals surface area contributed by atoms with Crippen LogP contribution in [0.2, 0.25) is 0 Å². The van der Waals surface area contributed by atoms with Crippen molar-refractivity contribution >= 4 is 0 Å². The van der Waals surface area contributed by atoms with Crippen LogP contribution in [0.25, 0.3) is 11.4 Å². The number of likely N-dealkylation sites (N-methyl/N-ethyl adjacent to an activating group) is 1. The quantitative estimate of drug-likeness (QED) is 0.912. The van der Waals surface area contributed by atoms with Gasteiger partial charge in [0.15, 0.2) is 5.82 Å². The topological polar surface area (TPSA) is 37.8 Å². The van der Waals surface area contributed by atoms with E-state index in [1.807, 2.05) is 37.4 Å². The lowest BCUT2D eigenvalue weighted by molar-refractivity contribution is 0.663. The summed E-state index contributed by atoms with van der Waals surface area (Å²) in [6.45, 7) is 7.29. The summed E-state index contributed by atoms with van der Waals surface area (Å²) in [5.74, 6) is 1.24. The van der Waals surface area contributed by atoms with Crippen LogP contribution in [0.4, 0.5) is 0 Å². The van der Waals surface area contributed by atoms with Gasteiger partial charge in [-0.15, -0.1) is 0 Å². The van der Waals surface area contributed by atoms with E-state index in [9.17, 15) is 0 Å². The lowest BCUT2D eigenvalue weighted by Crippen LogP contribution is -2.17. The van der Waals surface area contributed by atoms with E-state index < -0.39 is 0 Å². The predicted molar refractivity (Wildman–Crippen MR) is 79.3 cm³/mol. The third-order valence-electron chi connectivity index (χ3n) is 3.36. The number of nitrogens with zero attached hydrogens (tertiary/aromatic N) is 2. The number of benzene rings is 1. The van der Waals surface area contributed by atoms with Gasteiger partial charge in [0.2, 0.25) is 0 Å². The maximum Gasteiger partial charge on any atom is 0.159 e. The number of hydrogen-bond donors (Lipinski definition) is 1. The molecule has 100 valence electrons. The Labute approximate surface area is 115 Å². The number of aryl methyl sites for hydroxylation is 2. The first kappa shape index (κ1) is 13.7. The van der Waals surface area contributed by atoms with Crippen LogP contribution in [0.3, 0.4) is 0 Å². The van der Waals surface area contributed by atoms with Crippen molar-refractivity contribution in [1.82, 2.24) is 15.3 Å². The molecule has 0 radical (unpaired) electrons. The summed E-state index contributed by atoms with van der Waals surface area (Å²) in [5, 5.41) is 3.21. The molecule has 0 bridgehead atoms. The molecular weight excluding hydrogens is 234 g/mol. The summed E-state index contributed by atoms with van der Waals surface area (Å²) < 4.78 is 0. The van der Waals surface area contributed by atoms with Crippen molar-refractivity contribution in [3.8, 4) is 11.4 Å². The van der Waals surface area contributed by atoms with Crippen molar-refractivity contribution in [3.05, 3.63) is 47.3 Å². The highest BCUT2D eigenvalue weighted by molar-refractivity contribution is 5.55. The first-order valence-electron chi connectivity index (χ1n) is 6.68. The third-order valence-corrected chi connectivity index (χ3v) is 3.36. The molecule has 3 heteroatoms. The molecule has 0 aliphatic rings. The molecule has 0 spiro atoms. The first-order chi connectivity index (χ1) is 9.13. The molecule has 19 heavy (non-hydrogen) atoms. The van der Waals surface area contributed by atoms with Crippen LogP contribution in [0.1, 0.15) is 29.8 Å². The van der Waals surface area contributed by atoms with Crippen molar-refractivity contribution in [2.24, 2.45) is 0 Å². The van der Waals surface area contributed by atoms with E-state index in [2.05, 4.69) is 36.1 Å². The molecule has 1 heterocycles. The van der Waals surface area contributed by atoms with Gasteiger partial charge in [0.05, 0.1) is 0 Å². The first-order valence-corrected chi connectivity index (χ1v) is 6.68. The smallest absolute Gasteiger partial charge is 0.159 e. The van der Waals surface area contributed by atoms with Crippen LogP contribution in [-0.2, 0) is 0 Å². The predicted octanol–water partition coefficient (Wildman–Crippen LogP) is 3.08. The number of nitrogens with one attached hydrogen (secondary N) is 1. The fraction of sp³-hybridized carbons (Fsp3) is 0.375. The van der Waals surface area contributed by atoms with Gasteiger partial charge in [-0.3, -0.25) is 0 Å². The van der Waals surface area contributed by atoms with E-state index in [4.69, 9.17) is 0 Å². The minimum atomic E-state index is 0.426. The second-order valence-corrected chi connectivity index (χ2v) is 4.96. The zero-order valence-corrected chi connectivity index (χ0v) is 12.1. The van der Waals surface area contributed by atoms with Crippen molar-refractivity contribution in [1.29, 1.82) is 0 Å². The average Bonchev–Trinajstić information content (AvgIpc) is 2.39. The van der Waals surface area contributed by atoms with Gasteiger partial charge in [-0.05, 0) is 32.4 Å². The van der Waals surface area contributed by atoms with Crippen molar-refractivity contribution in [2.75, 3.05) is 13.6 Å². The van der Waals surface area contributed by atoms with E-state index in [1.165, 1.54) is 5.56 Å². The Morgan fingerprint density at radius 3 is 2.16 bits per heavy atom. The summed E-state index contributed by atoms with van der Waals surface area (Å²) in [4.78, 5) is 9.34. The Bertz CT molecular complexity index is 526. The molecule has 1 unspecified atom stereocenters.